The first kappa shape index (κ1) is 16.7. The fraction of sp³-hybridized carbons (Fsp3) is 0.474. The average molecular weight is 327 g/mol. The minimum Gasteiger partial charge on any atom is -0.383 e. The van der Waals surface area contributed by atoms with E-state index in [1.54, 1.807) is 17.9 Å². The van der Waals surface area contributed by atoms with Crippen LogP contribution in [-0.4, -0.2) is 46.4 Å². The fourth-order valence-electron chi connectivity index (χ4n) is 3.69. The second-order valence-corrected chi connectivity index (χ2v) is 6.51. The number of hydrogen-bond acceptors (Lipinski definition) is 3. The summed E-state index contributed by atoms with van der Waals surface area (Å²) in [5, 5.41) is 4.40. The Morgan fingerprint density at radius 2 is 2.00 bits per heavy atom. The van der Waals surface area contributed by atoms with E-state index in [-0.39, 0.29) is 18.0 Å². The Hall–Kier alpha value is -2.14. The maximum Gasteiger partial charge on any atom is 0.274 e. The van der Waals surface area contributed by atoms with Crippen LogP contribution in [0.4, 0.5) is 0 Å². The summed E-state index contributed by atoms with van der Waals surface area (Å²) in [7, 11) is 1.66. The Labute approximate surface area is 143 Å². The number of hydrogen-bond donors (Lipinski definition) is 0. The van der Waals surface area contributed by atoms with E-state index in [2.05, 4.69) is 43.2 Å². The van der Waals surface area contributed by atoms with Crippen molar-refractivity contribution in [3.05, 3.63) is 53.9 Å². The molecule has 0 N–H and O–H groups in total. The molecule has 128 valence electrons. The van der Waals surface area contributed by atoms with Crippen LogP contribution in [0, 0.1) is 0 Å². The third-order valence-electron chi connectivity index (χ3n) is 4.94. The Morgan fingerprint density at radius 1 is 1.25 bits per heavy atom. The van der Waals surface area contributed by atoms with Gasteiger partial charge < -0.3 is 9.64 Å². The molecule has 1 aromatic heterocycles. The van der Waals surface area contributed by atoms with E-state index in [1.165, 1.54) is 5.56 Å². The summed E-state index contributed by atoms with van der Waals surface area (Å²) in [5.74, 6) is 0.394. The number of benzene rings is 1. The van der Waals surface area contributed by atoms with Crippen LogP contribution in [0.25, 0.3) is 0 Å². The second-order valence-electron chi connectivity index (χ2n) is 6.51. The lowest BCUT2D eigenvalue weighted by atomic mass is 9.92. The lowest BCUT2D eigenvalue weighted by Crippen LogP contribution is -2.39. The van der Waals surface area contributed by atoms with Gasteiger partial charge in [0.25, 0.3) is 5.91 Å². The average Bonchev–Trinajstić information content (AvgIpc) is 3.18. The Bertz CT molecular complexity index is 683. The number of carbonyl (C=O) groups is 1. The number of nitrogens with zero attached hydrogens (tertiary/aromatic N) is 3. The minimum absolute atomic E-state index is 0.0181. The molecule has 0 spiro atoms. The quantitative estimate of drug-likeness (QED) is 0.848. The van der Waals surface area contributed by atoms with Gasteiger partial charge in [0.1, 0.15) is 5.69 Å². The van der Waals surface area contributed by atoms with Gasteiger partial charge in [-0.1, -0.05) is 30.3 Å². The molecule has 2 heterocycles. The zero-order valence-electron chi connectivity index (χ0n) is 14.6. The van der Waals surface area contributed by atoms with Gasteiger partial charge >= 0.3 is 0 Å². The number of aromatic nitrogens is 2. The van der Waals surface area contributed by atoms with Crippen LogP contribution in [0.1, 0.15) is 42.2 Å². The van der Waals surface area contributed by atoms with Crippen molar-refractivity contribution in [2.45, 2.75) is 44.8 Å². The Balaban J connectivity index is 1.76. The van der Waals surface area contributed by atoms with Crippen LogP contribution in [-0.2, 0) is 11.3 Å². The molecule has 5 nitrogen and oxygen atoms in total. The molecule has 1 aliphatic rings. The van der Waals surface area contributed by atoms with Crippen LogP contribution >= 0.6 is 0 Å². The van der Waals surface area contributed by atoms with Crippen molar-refractivity contribution in [3.63, 3.8) is 0 Å². The molecule has 1 aromatic carbocycles. The van der Waals surface area contributed by atoms with Crippen molar-refractivity contribution in [2.24, 2.45) is 0 Å². The number of rotatable bonds is 5. The van der Waals surface area contributed by atoms with Crippen molar-refractivity contribution in [3.8, 4) is 0 Å². The van der Waals surface area contributed by atoms with E-state index in [4.69, 9.17) is 4.74 Å². The van der Waals surface area contributed by atoms with Crippen molar-refractivity contribution >= 4 is 5.91 Å². The van der Waals surface area contributed by atoms with Crippen molar-refractivity contribution in [2.75, 3.05) is 13.7 Å². The van der Waals surface area contributed by atoms with E-state index in [0.29, 0.717) is 24.8 Å². The monoisotopic (exact) mass is 327 g/mol. The van der Waals surface area contributed by atoms with Crippen molar-refractivity contribution in [1.29, 1.82) is 0 Å². The molecule has 3 rings (SSSR count). The predicted molar refractivity (Wildman–Crippen MR) is 93.0 cm³/mol. The van der Waals surface area contributed by atoms with Crippen molar-refractivity contribution in [1.82, 2.24) is 14.7 Å². The van der Waals surface area contributed by atoms with Crippen LogP contribution in [0.5, 0.6) is 0 Å². The molecule has 3 atom stereocenters. The minimum atomic E-state index is 0.0181. The summed E-state index contributed by atoms with van der Waals surface area (Å²) in [6.07, 6.45) is 2.83. The number of methoxy groups -OCH3 is 1. The molecule has 0 saturated carbocycles. The number of ether oxygens (including phenoxy) is 1. The number of amides is 1. The van der Waals surface area contributed by atoms with E-state index < -0.39 is 0 Å². The lowest BCUT2D eigenvalue weighted by molar-refractivity contribution is 0.0680. The van der Waals surface area contributed by atoms with E-state index in [9.17, 15) is 4.79 Å². The molecular weight excluding hydrogens is 302 g/mol. The van der Waals surface area contributed by atoms with Gasteiger partial charge in [-0.25, -0.2) is 0 Å². The summed E-state index contributed by atoms with van der Waals surface area (Å²) in [4.78, 5) is 14.9. The summed E-state index contributed by atoms with van der Waals surface area (Å²) in [6, 6.07) is 12.6. The van der Waals surface area contributed by atoms with Crippen LogP contribution < -0.4 is 0 Å². The van der Waals surface area contributed by atoms with Gasteiger partial charge in [0, 0.05) is 31.3 Å². The Kier molecular flexibility index (Phi) is 5.00. The maximum absolute atomic E-state index is 13.0. The molecule has 5 heteroatoms. The molecule has 1 saturated heterocycles. The van der Waals surface area contributed by atoms with Crippen LogP contribution in [0.2, 0.25) is 0 Å². The first-order valence-electron chi connectivity index (χ1n) is 8.51. The Morgan fingerprint density at radius 3 is 2.71 bits per heavy atom. The zero-order valence-corrected chi connectivity index (χ0v) is 14.6. The maximum atomic E-state index is 13.0. The highest BCUT2D eigenvalue weighted by Crippen LogP contribution is 2.37. The molecule has 0 aliphatic carbocycles. The van der Waals surface area contributed by atoms with Gasteiger partial charge in [-0.05, 0) is 31.9 Å². The van der Waals surface area contributed by atoms with Gasteiger partial charge in [-0.3, -0.25) is 9.48 Å². The highest BCUT2D eigenvalue weighted by molar-refractivity contribution is 5.93. The predicted octanol–water partition coefficient (Wildman–Crippen LogP) is 2.94. The molecular formula is C19H25N3O2. The molecule has 0 bridgehead atoms. The number of likely N-dealkylation sites (tertiary alicyclic amines) is 1. The summed E-state index contributed by atoms with van der Waals surface area (Å²) in [6.45, 7) is 5.50. The smallest absolute Gasteiger partial charge is 0.274 e. The third kappa shape index (κ3) is 3.22. The molecule has 1 amide bonds. The summed E-state index contributed by atoms with van der Waals surface area (Å²) in [5.41, 5.74) is 1.82. The van der Waals surface area contributed by atoms with E-state index in [0.717, 1.165) is 6.42 Å². The molecule has 0 radical (unpaired) electrons. The van der Waals surface area contributed by atoms with Gasteiger partial charge in [0.15, 0.2) is 0 Å². The van der Waals surface area contributed by atoms with Gasteiger partial charge in [-0.2, -0.15) is 5.10 Å². The molecule has 1 fully saturated rings. The first-order chi connectivity index (χ1) is 11.6. The summed E-state index contributed by atoms with van der Waals surface area (Å²) < 4.78 is 6.82. The zero-order chi connectivity index (χ0) is 17.1. The van der Waals surface area contributed by atoms with E-state index >= 15 is 0 Å². The van der Waals surface area contributed by atoms with Crippen LogP contribution in [0.15, 0.2) is 42.6 Å². The molecule has 0 unspecified atom stereocenters. The summed E-state index contributed by atoms with van der Waals surface area (Å²) >= 11 is 0. The van der Waals surface area contributed by atoms with Gasteiger partial charge in [-0.15, -0.1) is 0 Å². The molecule has 1 aliphatic heterocycles. The van der Waals surface area contributed by atoms with E-state index in [1.807, 2.05) is 17.2 Å². The van der Waals surface area contributed by atoms with Crippen molar-refractivity contribution < 1.29 is 9.53 Å². The standard InChI is InChI=1S/C19H25N3O2/c1-14-13-17(16-7-5-4-6-8-16)15(2)22(14)19(23)18-9-10-21(20-18)11-12-24-3/h4-10,14-15,17H,11-13H2,1-3H3/t14-,15+,17-/m1/s1. The number of carbonyl (C=O) groups excluding carboxylic acids is 1. The third-order valence-corrected chi connectivity index (χ3v) is 4.94. The topological polar surface area (TPSA) is 47.4 Å². The normalized spacial score (nSPS) is 23.6. The van der Waals surface area contributed by atoms with Gasteiger partial charge in [0.2, 0.25) is 0 Å². The van der Waals surface area contributed by atoms with Gasteiger partial charge in [0.05, 0.1) is 13.2 Å². The highest BCUT2D eigenvalue weighted by Gasteiger charge is 2.40. The second kappa shape index (κ2) is 7.18. The molecule has 24 heavy (non-hydrogen) atoms. The van der Waals surface area contributed by atoms with Crippen LogP contribution in [0.3, 0.4) is 0 Å². The molecule has 2 aromatic rings. The first-order valence-corrected chi connectivity index (χ1v) is 8.51. The SMILES string of the molecule is COCCn1ccc(C(=O)N2[C@H](C)C[C@@H](c3ccccc3)[C@@H]2C)n1. The highest BCUT2D eigenvalue weighted by atomic mass is 16.5. The largest absolute Gasteiger partial charge is 0.383 e. The lowest BCUT2D eigenvalue weighted by Gasteiger charge is -2.27. The fourth-order valence-corrected chi connectivity index (χ4v) is 3.69.